The van der Waals surface area contributed by atoms with Gasteiger partial charge in [0, 0.05) is 46.8 Å². The second kappa shape index (κ2) is 7.32. The van der Waals surface area contributed by atoms with Gasteiger partial charge in [0.05, 0.1) is 5.69 Å². The Morgan fingerprint density at radius 2 is 2.00 bits per heavy atom. The zero-order valence-corrected chi connectivity index (χ0v) is 17.2. The summed E-state index contributed by atoms with van der Waals surface area (Å²) in [7, 11) is 0. The van der Waals surface area contributed by atoms with Crippen molar-refractivity contribution >= 4 is 21.9 Å². The van der Waals surface area contributed by atoms with Crippen LogP contribution in [-0.4, -0.2) is 45.5 Å². The molecule has 1 unspecified atom stereocenters. The number of nitrogens with zero attached hydrogens (tertiary/aromatic N) is 2. The zero-order chi connectivity index (χ0) is 20.0. The minimum Gasteiger partial charge on any atom is -0.354 e. The van der Waals surface area contributed by atoms with Crippen LogP contribution in [0.2, 0.25) is 0 Å². The Balaban J connectivity index is 1.46. The fourth-order valence-electron chi connectivity index (χ4n) is 4.90. The van der Waals surface area contributed by atoms with Crippen LogP contribution in [0.3, 0.4) is 0 Å². The Kier molecular flexibility index (Phi) is 4.64. The molecule has 0 radical (unpaired) electrons. The molecule has 5 rings (SSSR count). The highest BCUT2D eigenvalue weighted by atomic mass is 15.1. The molecule has 1 aliphatic heterocycles. The van der Waals surface area contributed by atoms with Crippen LogP contribution in [0.1, 0.15) is 36.8 Å². The largest absolute Gasteiger partial charge is 0.354 e. The van der Waals surface area contributed by atoms with Gasteiger partial charge in [-0.1, -0.05) is 6.07 Å². The molecule has 1 aliphatic rings. The number of nitrogens with one attached hydrogen (secondary N) is 2. The van der Waals surface area contributed by atoms with Crippen LogP contribution in [0.4, 0.5) is 0 Å². The molecule has 3 aromatic heterocycles. The third kappa shape index (κ3) is 3.34. The maximum Gasteiger partial charge on any atom is 0.137 e. The molecule has 4 N–H and O–H groups in total. The average Bonchev–Trinajstić information content (AvgIpc) is 3.32. The van der Waals surface area contributed by atoms with Gasteiger partial charge in [0.2, 0.25) is 0 Å². The van der Waals surface area contributed by atoms with Crippen LogP contribution in [0.5, 0.6) is 0 Å². The highest BCUT2D eigenvalue weighted by Crippen LogP contribution is 2.36. The third-order valence-electron chi connectivity index (χ3n) is 6.42. The molecule has 150 valence electrons. The van der Waals surface area contributed by atoms with Crippen LogP contribution in [-0.2, 0) is 0 Å². The first kappa shape index (κ1) is 18.4. The van der Waals surface area contributed by atoms with E-state index in [0.717, 1.165) is 30.7 Å². The molecule has 0 amide bonds. The lowest BCUT2D eigenvalue weighted by molar-refractivity contribution is 0.204. The lowest BCUT2D eigenvalue weighted by Crippen LogP contribution is -2.40. The fraction of sp³-hybridized carbons (Fsp3) is 0.375. The van der Waals surface area contributed by atoms with E-state index in [1.807, 2.05) is 12.4 Å². The third-order valence-corrected chi connectivity index (χ3v) is 6.42. The van der Waals surface area contributed by atoms with E-state index < -0.39 is 0 Å². The molecule has 0 aliphatic carbocycles. The number of benzene rings is 1. The normalized spacial score (nSPS) is 17.3. The molecule has 1 atom stereocenters. The van der Waals surface area contributed by atoms with Crippen LogP contribution < -0.4 is 5.73 Å². The highest BCUT2D eigenvalue weighted by molar-refractivity contribution is 5.98. The quantitative estimate of drug-likeness (QED) is 0.481. The summed E-state index contributed by atoms with van der Waals surface area (Å²) < 4.78 is 0. The maximum atomic E-state index is 5.97. The van der Waals surface area contributed by atoms with E-state index in [1.54, 1.807) is 0 Å². The number of pyridine rings is 1. The van der Waals surface area contributed by atoms with E-state index in [-0.39, 0.29) is 6.04 Å². The van der Waals surface area contributed by atoms with Gasteiger partial charge < -0.3 is 20.6 Å². The van der Waals surface area contributed by atoms with Gasteiger partial charge in [0.25, 0.3) is 0 Å². The molecule has 29 heavy (non-hydrogen) atoms. The summed E-state index contributed by atoms with van der Waals surface area (Å²) in [6.07, 6.45) is 6.25. The van der Waals surface area contributed by atoms with Crippen molar-refractivity contribution < 1.29 is 0 Å². The highest BCUT2D eigenvalue weighted by Gasteiger charge is 2.22. The van der Waals surface area contributed by atoms with Gasteiger partial charge in [-0.25, -0.2) is 4.98 Å². The number of H-pyrrole nitrogens is 2. The van der Waals surface area contributed by atoms with Crippen molar-refractivity contribution in [2.75, 3.05) is 19.6 Å². The van der Waals surface area contributed by atoms with Crippen molar-refractivity contribution in [2.24, 2.45) is 5.73 Å². The van der Waals surface area contributed by atoms with E-state index in [4.69, 9.17) is 5.73 Å². The number of piperidine rings is 1. The summed E-state index contributed by atoms with van der Waals surface area (Å²) in [5, 5.41) is 2.49. The number of nitrogens with two attached hydrogens (primary N) is 1. The summed E-state index contributed by atoms with van der Waals surface area (Å²) in [6.45, 7) is 7.61. The van der Waals surface area contributed by atoms with Crippen LogP contribution in [0, 0.1) is 6.92 Å². The average molecular weight is 388 g/mol. The van der Waals surface area contributed by atoms with Crippen molar-refractivity contribution in [2.45, 2.75) is 38.6 Å². The monoisotopic (exact) mass is 387 g/mol. The topological polar surface area (TPSA) is 73.7 Å². The van der Waals surface area contributed by atoms with E-state index in [1.165, 1.54) is 46.1 Å². The Morgan fingerprint density at radius 3 is 2.79 bits per heavy atom. The standard InChI is InChI=1S/C24H29N5/c1-15(25)14-29-11-7-17(8-12-29)18-3-4-22-21(13-18)16(2)23(28-22)19-5-9-26-24-20(19)6-10-27-24/h3-6,9-10,13,15,17,28H,7-8,11-12,14,25H2,1-2H3,(H,26,27). The fourth-order valence-corrected chi connectivity index (χ4v) is 4.90. The molecule has 0 bridgehead atoms. The minimum atomic E-state index is 0.253. The van der Waals surface area contributed by atoms with Crippen molar-refractivity contribution in [3.63, 3.8) is 0 Å². The Hall–Kier alpha value is -2.63. The van der Waals surface area contributed by atoms with Crippen LogP contribution >= 0.6 is 0 Å². The summed E-state index contributed by atoms with van der Waals surface area (Å²) >= 11 is 0. The molecule has 4 aromatic rings. The van der Waals surface area contributed by atoms with Gasteiger partial charge in [0.15, 0.2) is 0 Å². The first-order valence-corrected chi connectivity index (χ1v) is 10.6. The second-order valence-corrected chi connectivity index (χ2v) is 8.58. The van der Waals surface area contributed by atoms with Gasteiger partial charge in [-0.15, -0.1) is 0 Å². The smallest absolute Gasteiger partial charge is 0.137 e. The summed E-state index contributed by atoms with van der Waals surface area (Å²) in [5.41, 5.74) is 13.3. The van der Waals surface area contributed by atoms with Crippen molar-refractivity contribution in [3.8, 4) is 11.3 Å². The number of hydrogen-bond acceptors (Lipinski definition) is 3. The number of rotatable bonds is 4. The number of aromatic nitrogens is 3. The first-order chi connectivity index (χ1) is 14.1. The molecule has 0 spiro atoms. The maximum absolute atomic E-state index is 5.97. The van der Waals surface area contributed by atoms with Crippen LogP contribution in [0.15, 0.2) is 42.7 Å². The lowest BCUT2D eigenvalue weighted by atomic mass is 9.88. The number of likely N-dealkylation sites (tertiary alicyclic amines) is 1. The summed E-state index contributed by atoms with van der Waals surface area (Å²) in [5.74, 6) is 0.638. The van der Waals surface area contributed by atoms with Crippen molar-refractivity contribution in [1.29, 1.82) is 0 Å². The Bertz CT molecular complexity index is 1140. The van der Waals surface area contributed by atoms with Gasteiger partial charge in [-0.05, 0) is 81.1 Å². The van der Waals surface area contributed by atoms with E-state index >= 15 is 0 Å². The second-order valence-electron chi connectivity index (χ2n) is 8.58. The number of fused-ring (bicyclic) bond motifs is 2. The van der Waals surface area contributed by atoms with Gasteiger partial charge in [0.1, 0.15) is 5.65 Å². The molecule has 4 heterocycles. The summed E-state index contributed by atoms with van der Waals surface area (Å²) in [4.78, 5) is 13.8. The Morgan fingerprint density at radius 1 is 1.17 bits per heavy atom. The first-order valence-electron chi connectivity index (χ1n) is 10.6. The molecule has 5 heteroatoms. The minimum absolute atomic E-state index is 0.253. The molecule has 0 saturated carbocycles. The molecular formula is C24H29N5. The zero-order valence-electron chi connectivity index (χ0n) is 17.2. The number of aryl methyl sites for hydroxylation is 1. The summed E-state index contributed by atoms with van der Waals surface area (Å²) in [6, 6.07) is 11.4. The SMILES string of the molecule is Cc1c(-c2ccnc3[nH]ccc23)[nH]c2ccc(C3CCN(CC(C)N)CC3)cc12. The van der Waals surface area contributed by atoms with Gasteiger partial charge in [-0.3, -0.25) is 0 Å². The number of aromatic amines is 2. The molecule has 1 saturated heterocycles. The predicted octanol–water partition coefficient (Wildman–Crippen LogP) is 4.55. The van der Waals surface area contributed by atoms with Crippen molar-refractivity contribution in [3.05, 3.63) is 53.9 Å². The molecule has 5 nitrogen and oxygen atoms in total. The number of hydrogen-bond donors (Lipinski definition) is 3. The molecular weight excluding hydrogens is 358 g/mol. The van der Waals surface area contributed by atoms with E-state index in [2.05, 4.69) is 64.0 Å². The van der Waals surface area contributed by atoms with Crippen molar-refractivity contribution in [1.82, 2.24) is 19.9 Å². The molecule has 1 aromatic carbocycles. The molecule has 1 fully saturated rings. The van der Waals surface area contributed by atoms with E-state index in [0.29, 0.717) is 5.92 Å². The van der Waals surface area contributed by atoms with Crippen LogP contribution in [0.25, 0.3) is 33.2 Å². The van der Waals surface area contributed by atoms with Gasteiger partial charge in [-0.2, -0.15) is 0 Å². The Labute approximate surface area is 171 Å². The predicted molar refractivity (Wildman–Crippen MR) is 120 cm³/mol. The van der Waals surface area contributed by atoms with Gasteiger partial charge >= 0.3 is 0 Å². The van der Waals surface area contributed by atoms with E-state index in [9.17, 15) is 0 Å². The lowest BCUT2D eigenvalue weighted by Gasteiger charge is -2.33.